The van der Waals surface area contributed by atoms with Gasteiger partial charge in [0.2, 0.25) is 5.91 Å². The van der Waals surface area contributed by atoms with Crippen LogP contribution in [0.2, 0.25) is 0 Å². The summed E-state index contributed by atoms with van der Waals surface area (Å²) >= 11 is 0. The topological polar surface area (TPSA) is 52.7 Å². The Hall–Kier alpha value is -3.60. The molecule has 0 bridgehead atoms. The van der Waals surface area contributed by atoms with Gasteiger partial charge in [-0.25, -0.2) is 4.79 Å². The number of hydrogen-bond acceptors (Lipinski definition) is 2. The molecule has 158 valence electrons. The molecule has 0 unspecified atom stereocenters. The maximum absolute atomic E-state index is 13.5. The Balaban J connectivity index is 1.77. The SMILES string of the molecule is CCC(=O)N1c2ccccc2[C@H](N(C(=O)Nc2ccccc2)c2ccccc2)C[C@H]1C. The minimum atomic E-state index is -0.196. The van der Waals surface area contributed by atoms with Crippen molar-refractivity contribution in [3.05, 3.63) is 90.5 Å². The zero-order valence-corrected chi connectivity index (χ0v) is 17.9. The monoisotopic (exact) mass is 413 g/mol. The summed E-state index contributed by atoms with van der Waals surface area (Å²) < 4.78 is 0. The Kier molecular flexibility index (Phi) is 6.03. The van der Waals surface area contributed by atoms with E-state index in [1.165, 1.54) is 0 Å². The molecule has 0 saturated heterocycles. The molecule has 31 heavy (non-hydrogen) atoms. The molecule has 3 aromatic rings. The summed E-state index contributed by atoms with van der Waals surface area (Å²) in [5.41, 5.74) is 3.42. The van der Waals surface area contributed by atoms with E-state index in [0.717, 1.165) is 22.6 Å². The lowest BCUT2D eigenvalue weighted by Gasteiger charge is -2.43. The van der Waals surface area contributed by atoms with E-state index in [1.807, 2.05) is 102 Å². The van der Waals surface area contributed by atoms with Crippen molar-refractivity contribution in [2.75, 3.05) is 15.1 Å². The fourth-order valence-electron chi connectivity index (χ4n) is 4.31. The van der Waals surface area contributed by atoms with E-state index in [2.05, 4.69) is 12.2 Å². The number of carbonyl (C=O) groups excluding carboxylic acids is 2. The van der Waals surface area contributed by atoms with Gasteiger partial charge >= 0.3 is 6.03 Å². The van der Waals surface area contributed by atoms with E-state index < -0.39 is 0 Å². The van der Waals surface area contributed by atoms with E-state index in [9.17, 15) is 9.59 Å². The summed E-state index contributed by atoms with van der Waals surface area (Å²) in [5, 5.41) is 3.04. The molecule has 1 heterocycles. The second-order valence-corrected chi connectivity index (χ2v) is 7.78. The molecule has 4 rings (SSSR count). The summed E-state index contributed by atoms with van der Waals surface area (Å²) in [4.78, 5) is 29.9. The van der Waals surface area contributed by atoms with Gasteiger partial charge in [0.05, 0.1) is 6.04 Å². The molecule has 0 spiro atoms. The molecule has 0 aromatic heterocycles. The Bertz CT molecular complexity index is 1050. The van der Waals surface area contributed by atoms with Gasteiger partial charge < -0.3 is 10.2 Å². The summed E-state index contributed by atoms with van der Waals surface area (Å²) in [6, 6.07) is 26.7. The van der Waals surface area contributed by atoms with Crippen LogP contribution in [0.25, 0.3) is 0 Å². The lowest BCUT2D eigenvalue weighted by atomic mass is 9.90. The number of carbonyl (C=O) groups is 2. The maximum Gasteiger partial charge on any atom is 0.326 e. The number of hydrogen-bond donors (Lipinski definition) is 1. The smallest absolute Gasteiger partial charge is 0.309 e. The van der Waals surface area contributed by atoms with Gasteiger partial charge in [-0.1, -0.05) is 61.5 Å². The molecular formula is C26H27N3O2. The number of urea groups is 1. The Labute approximate surface area is 183 Å². The summed E-state index contributed by atoms with van der Waals surface area (Å²) in [6.45, 7) is 3.93. The molecule has 2 atom stereocenters. The van der Waals surface area contributed by atoms with Crippen LogP contribution in [0.5, 0.6) is 0 Å². The first-order valence-electron chi connectivity index (χ1n) is 10.7. The molecule has 0 fully saturated rings. The van der Waals surface area contributed by atoms with Crippen molar-refractivity contribution in [2.24, 2.45) is 0 Å². The highest BCUT2D eigenvalue weighted by Gasteiger charge is 2.38. The van der Waals surface area contributed by atoms with Crippen LogP contribution in [0.15, 0.2) is 84.9 Å². The van der Waals surface area contributed by atoms with Crippen molar-refractivity contribution in [2.45, 2.75) is 38.8 Å². The molecule has 5 heteroatoms. The molecule has 0 saturated carbocycles. The Morgan fingerprint density at radius 1 is 0.935 bits per heavy atom. The average molecular weight is 414 g/mol. The van der Waals surface area contributed by atoms with E-state index >= 15 is 0 Å². The van der Waals surface area contributed by atoms with Crippen LogP contribution >= 0.6 is 0 Å². The Morgan fingerprint density at radius 3 is 2.23 bits per heavy atom. The summed E-state index contributed by atoms with van der Waals surface area (Å²) in [5.74, 6) is 0.0957. The number of anilines is 3. The quantitative estimate of drug-likeness (QED) is 0.570. The third-order valence-corrected chi connectivity index (χ3v) is 5.72. The normalized spacial score (nSPS) is 17.5. The van der Waals surface area contributed by atoms with Gasteiger partial charge in [-0.3, -0.25) is 9.69 Å². The zero-order valence-electron chi connectivity index (χ0n) is 17.9. The number of nitrogens with zero attached hydrogens (tertiary/aromatic N) is 2. The molecule has 0 aliphatic carbocycles. The molecule has 1 N–H and O–H groups in total. The standard InChI is InChI=1S/C26H27N3O2/c1-3-25(30)28-19(2)18-24(22-16-10-11-17-23(22)28)29(21-14-8-5-9-15-21)26(31)27-20-12-6-4-7-13-20/h4-17,19,24H,3,18H2,1-2H3,(H,27,31)/t19-,24-/m1/s1. The number of fused-ring (bicyclic) bond motifs is 1. The van der Waals surface area contributed by atoms with Crippen molar-refractivity contribution in [1.29, 1.82) is 0 Å². The first kappa shape index (κ1) is 20.7. The number of rotatable bonds is 4. The predicted octanol–water partition coefficient (Wildman–Crippen LogP) is 6.00. The summed E-state index contributed by atoms with van der Waals surface area (Å²) in [6.07, 6.45) is 1.10. The molecule has 0 radical (unpaired) electrons. The predicted molar refractivity (Wildman–Crippen MR) is 125 cm³/mol. The van der Waals surface area contributed by atoms with Crippen LogP contribution < -0.4 is 15.1 Å². The van der Waals surface area contributed by atoms with Crippen molar-refractivity contribution in [1.82, 2.24) is 0 Å². The second-order valence-electron chi connectivity index (χ2n) is 7.78. The van der Waals surface area contributed by atoms with Crippen LogP contribution in [0.4, 0.5) is 21.9 Å². The number of benzene rings is 3. The van der Waals surface area contributed by atoms with E-state index in [4.69, 9.17) is 0 Å². The van der Waals surface area contributed by atoms with Crippen LogP contribution in [-0.2, 0) is 4.79 Å². The van der Waals surface area contributed by atoms with Crippen molar-refractivity contribution in [3.8, 4) is 0 Å². The van der Waals surface area contributed by atoms with Gasteiger partial charge in [0, 0.05) is 29.5 Å². The molecule has 1 aliphatic heterocycles. The number of nitrogens with one attached hydrogen (secondary N) is 1. The lowest BCUT2D eigenvalue weighted by Crippen LogP contribution is -2.48. The van der Waals surface area contributed by atoms with Gasteiger partial charge in [-0.2, -0.15) is 0 Å². The van der Waals surface area contributed by atoms with Gasteiger partial charge in [-0.15, -0.1) is 0 Å². The fourth-order valence-corrected chi connectivity index (χ4v) is 4.31. The molecule has 5 nitrogen and oxygen atoms in total. The first-order chi connectivity index (χ1) is 15.1. The van der Waals surface area contributed by atoms with Crippen molar-refractivity contribution >= 4 is 29.0 Å². The molecular weight excluding hydrogens is 386 g/mol. The Morgan fingerprint density at radius 2 is 1.55 bits per heavy atom. The van der Waals surface area contributed by atoms with Crippen molar-refractivity contribution in [3.63, 3.8) is 0 Å². The highest BCUT2D eigenvalue weighted by Crippen LogP contribution is 2.42. The molecule has 3 amide bonds. The van der Waals surface area contributed by atoms with Gasteiger partial charge in [0.25, 0.3) is 0 Å². The minimum Gasteiger partial charge on any atom is -0.309 e. The maximum atomic E-state index is 13.5. The van der Waals surface area contributed by atoms with Crippen LogP contribution in [0, 0.1) is 0 Å². The minimum absolute atomic E-state index is 0.0249. The highest BCUT2D eigenvalue weighted by molar-refractivity contribution is 6.03. The number of para-hydroxylation sites is 3. The number of amides is 3. The lowest BCUT2D eigenvalue weighted by molar-refractivity contribution is -0.118. The van der Waals surface area contributed by atoms with E-state index in [-0.39, 0.29) is 24.0 Å². The van der Waals surface area contributed by atoms with Crippen LogP contribution in [0.1, 0.15) is 38.3 Å². The van der Waals surface area contributed by atoms with Gasteiger partial charge in [-0.05, 0) is 49.2 Å². The highest BCUT2D eigenvalue weighted by atomic mass is 16.2. The molecule has 1 aliphatic rings. The van der Waals surface area contributed by atoms with Gasteiger partial charge in [0.15, 0.2) is 0 Å². The average Bonchev–Trinajstić information content (AvgIpc) is 2.80. The van der Waals surface area contributed by atoms with Crippen molar-refractivity contribution < 1.29 is 9.59 Å². The fraction of sp³-hybridized carbons (Fsp3) is 0.231. The van der Waals surface area contributed by atoms with E-state index in [1.54, 1.807) is 0 Å². The third kappa shape index (κ3) is 4.17. The van der Waals surface area contributed by atoms with Crippen LogP contribution in [0.3, 0.4) is 0 Å². The zero-order chi connectivity index (χ0) is 21.8. The molecule has 3 aromatic carbocycles. The summed E-state index contributed by atoms with van der Waals surface area (Å²) in [7, 11) is 0. The van der Waals surface area contributed by atoms with Crippen LogP contribution in [-0.4, -0.2) is 18.0 Å². The second kappa shape index (κ2) is 9.04. The largest absolute Gasteiger partial charge is 0.326 e. The first-order valence-corrected chi connectivity index (χ1v) is 10.7. The third-order valence-electron chi connectivity index (χ3n) is 5.72. The van der Waals surface area contributed by atoms with E-state index in [0.29, 0.717) is 12.8 Å². The van der Waals surface area contributed by atoms with Gasteiger partial charge in [0.1, 0.15) is 0 Å².